The Kier molecular flexibility index (Phi) is 6.18. The van der Waals surface area contributed by atoms with E-state index in [0.29, 0.717) is 22.1 Å². The Hall–Kier alpha value is -3.78. The van der Waals surface area contributed by atoms with Crippen LogP contribution in [0.25, 0.3) is 10.6 Å². The summed E-state index contributed by atoms with van der Waals surface area (Å²) in [5.41, 5.74) is 1.97. The highest BCUT2D eigenvalue weighted by atomic mass is 32.1. The third kappa shape index (κ3) is 5.04. The minimum Gasteiger partial charge on any atom is -0.497 e. The summed E-state index contributed by atoms with van der Waals surface area (Å²) < 4.78 is 18.9. The first-order valence-electron chi connectivity index (χ1n) is 9.48. The average Bonchev–Trinajstić information content (AvgIpc) is 3.30. The molecule has 0 bridgehead atoms. The minimum absolute atomic E-state index is 0.127. The number of hydrogen-bond donors (Lipinski definition) is 2. The molecular formula is C23H19FN4O2S. The maximum atomic E-state index is 13.7. The smallest absolute Gasteiger partial charge is 0.261 e. The zero-order chi connectivity index (χ0) is 21.6. The monoisotopic (exact) mass is 434 g/mol. The van der Waals surface area contributed by atoms with Gasteiger partial charge in [-0.05, 0) is 48.5 Å². The van der Waals surface area contributed by atoms with Crippen LogP contribution < -0.4 is 15.4 Å². The van der Waals surface area contributed by atoms with Crippen LogP contribution in [0.5, 0.6) is 5.75 Å². The standard InChI is InChI=1S/C23H19FN4O2S/c1-30-17-8-6-16(7-9-17)27-23-25-13-12-19(28-23)20-10-11-21(31-20)22(29)26-14-15-4-2-3-5-18(15)24/h2-13H,14H2,1H3,(H,26,29)(H,25,27,28). The predicted molar refractivity (Wildman–Crippen MR) is 119 cm³/mol. The van der Waals surface area contributed by atoms with Gasteiger partial charge in [-0.1, -0.05) is 18.2 Å². The summed E-state index contributed by atoms with van der Waals surface area (Å²) in [7, 11) is 1.62. The van der Waals surface area contributed by atoms with E-state index in [1.165, 1.54) is 17.4 Å². The van der Waals surface area contributed by atoms with Crippen molar-refractivity contribution in [3.05, 3.63) is 89.2 Å². The number of rotatable bonds is 7. The van der Waals surface area contributed by atoms with E-state index in [1.54, 1.807) is 43.6 Å². The number of nitrogens with zero attached hydrogens (tertiary/aromatic N) is 2. The van der Waals surface area contributed by atoms with Crippen LogP contribution in [0.2, 0.25) is 0 Å². The van der Waals surface area contributed by atoms with Gasteiger partial charge in [-0.15, -0.1) is 11.3 Å². The summed E-state index contributed by atoms with van der Waals surface area (Å²) >= 11 is 1.31. The highest BCUT2D eigenvalue weighted by Crippen LogP contribution is 2.28. The first-order chi connectivity index (χ1) is 15.1. The van der Waals surface area contributed by atoms with Gasteiger partial charge < -0.3 is 15.4 Å². The Labute approximate surface area is 182 Å². The molecular weight excluding hydrogens is 415 g/mol. The number of amides is 1. The Morgan fingerprint density at radius 3 is 2.65 bits per heavy atom. The van der Waals surface area contributed by atoms with E-state index < -0.39 is 0 Å². The first kappa shape index (κ1) is 20.5. The van der Waals surface area contributed by atoms with E-state index >= 15 is 0 Å². The molecule has 4 rings (SSSR count). The molecule has 0 aliphatic carbocycles. The zero-order valence-electron chi connectivity index (χ0n) is 16.6. The number of benzene rings is 2. The molecule has 4 aromatic rings. The molecule has 6 nitrogen and oxygen atoms in total. The van der Waals surface area contributed by atoms with Gasteiger partial charge in [0.1, 0.15) is 11.6 Å². The second kappa shape index (κ2) is 9.36. The van der Waals surface area contributed by atoms with Gasteiger partial charge in [-0.25, -0.2) is 14.4 Å². The van der Waals surface area contributed by atoms with Gasteiger partial charge in [0.25, 0.3) is 5.91 Å². The number of aromatic nitrogens is 2. The van der Waals surface area contributed by atoms with Crippen molar-refractivity contribution in [3.63, 3.8) is 0 Å². The Balaban J connectivity index is 1.44. The largest absolute Gasteiger partial charge is 0.497 e. The van der Waals surface area contributed by atoms with Crippen LogP contribution in [-0.2, 0) is 6.54 Å². The quantitative estimate of drug-likeness (QED) is 0.427. The van der Waals surface area contributed by atoms with Crippen molar-refractivity contribution >= 4 is 28.9 Å². The van der Waals surface area contributed by atoms with Crippen LogP contribution in [0, 0.1) is 5.82 Å². The molecule has 0 spiro atoms. The fourth-order valence-electron chi connectivity index (χ4n) is 2.86. The molecule has 2 aromatic heterocycles. The number of hydrogen-bond acceptors (Lipinski definition) is 6. The van der Waals surface area contributed by atoms with Crippen LogP contribution in [0.15, 0.2) is 72.9 Å². The number of carbonyl (C=O) groups is 1. The number of anilines is 2. The van der Waals surface area contributed by atoms with Crippen molar-refractivity contribution in [2.45, 2.75) is 6.54 Å². The van der Waals surface area contributed by atoms with Gasteiger partial charge in [0.2, 0.25) is 5.95 Å². The molecule has 2 aromatic carbocycles. The maximum Gasteiger partial charge on any atom is 0.261 e. The Morgan fingerprint density at radius 1 is 1.06 bits per heavy atom. The lowest BCUT2D eigenvalue weighted by atomic mass is 10.2. The molecule has 0 radical (unpaired) electrons. The third-order valence-electron chi connectivity index (χ3n) is 4.48. The van der Waals surface area contributed by atoms with Gasteiger partial charge in [0.05, 0.1) is 22.6 Å². The molecule has 8 heteroatoms. The lowest BCUT2D eigenvalue weighted by molar-refractivity contribution is 0.0954. The zero-order valence-corrected chi connectivity index (χ0v) is 17.4. The molecule has 0 saturated heterocycles. The Morgan fingerprint density at radius 2 is 1.87 bits per heavy atom. The molecule has 0 aliphatic heterocycles. The fraction of sp³-hybridized carbons (Fsp3) is 0.0870. The van der Waals surface area contributed by atoms with E-state index in [0.717, 1.165) is 16.3 Å². The summed E-state index contributed by atoms with van der Waals surface area (Å²) in [4.78, 5) is 22.6. The molecule has 0 unspecified atom stereocenters. The molecule has 0 atom stereocenters. The van der Waals surface area contributed by atoms with Crippen LogP contribution in [0.3, 0.4) is 0 Å². The topological polar surface area (TPSA) is 76.1 Å². The summed E-state index contributed by atoms with van der Waals surface area (Å²) in [6, 6.07) is 19.2. The number of thiophene rings is 1. The van der Waals surface area contributed by atoms with Crippen molar-refractivity contribution in [3.8, 4) is 16.3 Å². The SMILES string of the molecule is COc1ccc(Nc2nccc(-c3ccc(C(=O)NCc4ccccc4F)s3)n2)cc1. The highest BCUT2D eigenvalue weighted by Gasteiger charge is 2.12. The summed E-state index contributed by atoms with van der Waals surface area (Å²) in [6.07, 6.45) is 1.66. The first-order valence-corrected chi connectivity index (χ1v) is 10.3. The van der Waals surface area contributed by atoms with Crippen molar-refractivity contribution < 1.29 is 13.9 Å². The molecule has 0 aliphatic rings. The molecule has 1 amide bonds. The molecule has 0 fully saturated rings. The van der Waals surface area contributed by atoms with Crippen molar-refractivity contribution in [1.82, 2.24) is 15.3 Å². The van der Waals surface area contributed by atoms with E-state index in [1.807, 2.05) is 30.3 Å². The predicted octanol–water partition coefficient (Wildman–Crippen LogP) is 5.03. The van der Waals surface area contributed by atoms with Crippen LogP contribution in [-0.4, -0.2) is 23.0 Å². The van der Waals surface area contributed by atoms with Gasteiger partial charge in [0.15, 0.2) is 0 Å². The number of halogens is 1. The van der Waals surface area contributed by atoms with Gasteiger partial charge in [0, 0.05) is 24.0 Å². The normalized spacial score (nSPS) is 10.5. The van der Waals surface area contributed by atoms with Crippen LogP contribution >= 0.6 is 11.3 Å². The number of carbonyl (C=O) groups excluding carboxylic acids is 1. The van der Waals surface area contributed by atoms with Gasteiger partial charge in [-0.2, -0.15) is 0 Å². The Bertz CT molecular complexity index is 1190. The van der Waals surface area contributed by atoms with Crippen molar-refractivity contribution in [2.75, 3.05) is 12.4 Å². The molecule has 2 N–H and O–H groups in total. The van der Waals surface area contributed by atoms with Crippen LogP contribution in [0.1, 0.15) is 15.2 Å². The van der Waals surface area contributed by atoms with Crippen LogP contribution in [0.4, 0.5) is 16.0 Å². The summed E-state index contributed by atoms with van der Waals surface area (Å²) in [5, 5.41) is 5.90. The van der Waals surface area contributed by atoms with Crippen molar-refractivity contribution in [1.29, 1.82) is 0 Å². The molecule has 0 saturated carbocycles. The number of methoxy groups -OCH3 is 1. The van der Waals surface area contributed by atoms with Crippen molar-refractivity contribution in [2.24, 2.45) is 0 Å². The molecule has 2 heterocycles. The van der Waals surface area contributed by atoms with Gasteiger partial charge >= 0.3 is 0 Å². The lowest BCUT2D eigenvalue weighted by Crippen LogP contribution is -2.22. The summed E-state index contributed by atoms with van der Waals surface area (Å²) in [5.74, 6) is 0.610. The highest BCUT2D eigenvalue weighted by molar-refractivity contribution is 7.17. The van der Waals surface area contributed by atoms with E-state index in [2.05, 4.69) is 20.6 Å². The second-order valence-corrected chi connectivity index (χ2v) is 7.64. The molecule has 31 heavy (non-hydrogen) atoms. The molecule has 156 valence electrons. The van der Waals surface area contributed by atoms with Gasteiger partial charge in [-0.3, -0.25) is 4.79 Å². The van der Waals surface area contributed by atoms with E-state index in [4.69, 9.17) is 4.74 Å². The maximum absolute atomic E-state index is 13.7. The second-order valence-electron chi connectivity index (χ2n) is 6.56. The fourth-order valence-corrected chi connectivity index (χ4v) is 3.75. The summed E-state index contributed by atoms with van der Waals surface area (Å²) in [6.45, 7) is 0.127. The van der Waals surface area contributed by atoms with E-state index in [-0.39, 0.29) is 18.3 Å². The minimum atomic E-state index is -0.340. The number of nitrogens with one attached hydrogen (secondary N) is 2. The third-order valence-corrected chi connectivity index (χ3v) is 5.59. The number of ether oxygens (including phenoxy) is 1. The lowest BCUT2D eigenvalue weighted by Gasteiger charge is -2.07. The average molecular weight is 434 g/mol. The van der Waals surface area contributed by atoms with E-state index in [9.17, 15) is 9.18 Å².